The quantitative estimate of drug-likeness (QED) is 0.861. The predicted molar refractivity (Wildman–Crippen MR) is 109 cm³/mol. The summed E-state index contributed by atoms with van der Waals surface area (Å²) in [5, 5.41) is 8.31. The monoisotopic (exact) mass is 380 g/mol. The summed E-state index contributed by atoms with van der Waals surface area (Å²) in [5.74, 6) is 0. The average Bonchev–Trinajstić information content (AvgIpc) is 3.38. The highest BCUT2D eigenvalue weighted by Gasteiger charge is 2.48. The van der Waals surface area contributed by atoms with Crippen LogP contribution in [-0.4, -0.2) is 39.6 Å². The number of nitrogens with one attached hydrogen (secondary N) is 1. The summed E-state index contributed by atoms with van der Waals surface area (Å²) >= 11 is 0. The molecule has 150 valence electrons. The maximum Gasteiger partial charge on any atom is 0.0691 e. The van der Waals surface area contributed by atoms with Crippen LogP contribution in [0.1, 0.15) is 62.8 Å². The van der Waals surface area contributed by atoms with Gasteiger partial charge in [-0.1, -0.05) is 18.9 Å². The Bertz CT molecular complexity index is 783. The Labute approximate surface area is 167 Å². The topological polar surface area (TPSA) is 52.0 Å². The minimum Gasteiger partial charge on any atom is -0.375 e. The van der Waals surface area contributed by atoms with Crippen molar-refractivity contribution >= 4 is 0 Å². The van der Waals surface area contributed by atoms with E-state index < -0.39 is 0 Å². The van der Waals surface area contributed by atoms with Gasteiger partial charge in [-0.25, -0.2) is 0 Å². The molecule has 5 heteroatoms. The van der Waals surface area contributed by atoms with E-state index in [-0.39, 0.29) is 11.0 Å². The summed E-state index contributed by atoms with van der Waals surface area (Å²) in [6.07, 6.45) is 14.6. The van der Waals surface area contributed by atoms with Gasteiger partial charge in [0, 0.05) is 41.8 Å². The van der Waals surface area contributed by atoms with Gasteiger partial charge in [0.1, 0.15) is 0 Å². The van der Waals surface area contributed by atoms with Crippen LogP contribution in [0.5, 0.6) is 0 Å². The number of fused-ring (bicyclic) bond motifs is 1. The molecule has 0 bridgehead atoms. The van der Waals surface area contributed by atoms with Gasteiger partial charge in [-0.2, -0.15) is 5.10 Å². The Morgan fingerprint density at radius 3 is 2.93 bits per heavy atom. The lowest BCUT2D eigenvalue weighted by atomic mass is 9.68. The van der Waals surface area contributed by atoms with Crippen molar-refractivity contribution in [2.45, 2.75) is 81.4 Å². The third kappa shape index (κ3) is 3.50. The van der Waals surface area contributed by atoms with E-state index in [4.69, 9.17) is 9.72 Å². The van der Waals surface area contributed by atoms with Crippen molar-refractivity contribution in [1.82, 2.24) is 20.1 Å². The molecule has 1 saturated heterocycles. The van der Waals surface area contributed by atoms with Crippen molar-refractivity contribution in [1.29, 1.82) is 0 Å². The van der Waals surface area contributed by atoms with Crippen LogP contribution in [0, 0.1) is 0 Å². The molecule has 2 aliphatic heterocycles. The first-order valence-corrected chi connectivity index (χ1v) is 11.1. The zero-order chi connectivity index (χ0) is 18.9. The smallest absolute Gasteiger partial charge is 0.0691 e. The van der Waals surface area contributed by atoms with E-state index in [0.717, 1.165) is 45.4 Å². The fourth-order valence-corrected chi connectivity index (χ4v) is 5.84. The summed E-state index contributed by atoms with van der Waals surface area (Å²) in [5.41, 5.74) is 2.88. The summed E-state index contributed by atoms with van der Waals surface area (Å²) in [6, 6.07) is 9.09. The first-order chi connectivity index (χ1) is 13.8. The van der Waals surface area contributed by atoms with E-state index in [9.17, 15) is 0 Å². The lowest BCUT2D eigenvalue weighted by Crippen LogP contribution is -2.48. The molecule has 1 saturated carbocycles. The second-order valence-corrected chi connectivity index (χ2v) is 9.11. The molecule has 2 aromatic heterocycles. The molecule has 5 rings (SSSR count). The number of rotatable bonds is 5. The normalized spacial score (nSPS) is 29.1. The Balaban J connectivity index is 1.29. The summed E-state index contributed by atoms with van der Waals surface area (Å²) < 4.78 is 8.53. The molecule has 2 atom stereocenters. The van der Waals surface area contributed by atoms with Crippen molar-refractivity contribution in [3.8, 4) is 0 Å². The van der Waals surface area contributed by atoms with E-state index in [1.807, 2.05) is 18.5 Å². The molecule has 1 spiro atoms. The first-order valence-electron chi connectivity index (χ1n) is 11.1. The van der Waals surface area contributed by atoms with Gasteiger partial charge in [0.15, 0.2) is 0 Å². The predicted octanol–water partition coefficient (Wildman–Crippen LogP) is 3.63. The minimum absolute atomic E-state index is 0.102. The molecular formula is C23H32N4O. The number of hydrogen-bond donors (Lipinski definition) is 1. The van der Waals surface area contributed by atoms with E-state index in [1.165, 1.54) is 43.5 Å². The number of pyridine rings is 1. The molecule has 1 unspecified atom stereocenters. The van der Waals surface area contributed by atoms with E-state index in [1.54, 1.807) is 0 Å². The van der Waals surface area contributed by atoms with Crippen molar-refractivity contribution in [3.63, 3.8) is 0 Å². The number of aryl methyl sites for hydroxylation is 1. The highest BCUT2D eigenvalue weighted by Crippen LogP contribution is 2.49. The van der Waals surface area contributed by atoms with Crippen molar-refractivity contribution < 1.29 is 4.74 Å². The number of hydrogen-bond acceptors (Lipinski definition) is 4. The van der Waals surface area contributed by atoms with Gasteiger partial charge >= 0.3 is 0 Å². The molecule has 2 fully saturated rings. The maximum absolute atomic E-state index is 6.37. The minimum atomic E-state index is 0.102. The third-order valence-electron chi connectivity index (χ3n) is 7.36. The van der Waals surface area contributed by atoms with Crippen LogP contribution in [-0.2, 0) is 23.1 Å². The van der Waals surface area contributed by atoms with Crippen LogP contribution >= 0.6 is 0 Å². The number of ether oxygens (including phenoxy) is 1. The molecule has 5 nitrogen and oxygen atoms in total. The fraction of sp³-hybridized carbons (Fsp3) is 0.652. The average molecular weight is 381 g/mol. The van der Waals surface area contributed by atoms with Crippen molar-refractivity contribution in [3.05, 3.63) is 48.0 Å². The molecule has 4 heterocycles. The second-order valence-electron chi connectivity index (χ2n) is 9.11. The van der Waals surface area contributed by atoms with Gasteiger partial charge in [0.25, 0.3) is 0 Å². The summed E-state index contributed by atoms with van der Waals surface area (Å²) in [7, 11) is 0. The summed E-state index contributed by atoms with van der Waals surface area (Å²) in [6.45, 7) is 2.90. The largest absolute Gasteiger partial charge is 0.375 e. The molecule has 2 aromatic rings. The Morgan fingerprint density at radius 1 is 1.14 bits per heavy atom. The number of aromatic nitrogens is 3. The van der Waals surface area contributed by atoms with E-state index in [2.05, 4.69) is 33.3 Å². The molecule has 28 heavy (non-hydrogen) atoms. The van der Waals surface area contributed by atoms with Gasteiger partial charge in [-0.05, 0) is 69.7 Å². The van der Waals surface area contributed by atoms with Crippen LogP contribution in [0.4, 0.5) is 0 Å². The van der Waals surface area contributed by atoms with Crippen molar-refractivity contribution in [2.75, 3.05) is 13.2 Å². The highest BCUT2D eigenvalue weighted by molar-refractivity contribution is 5.20. The van der Waals surface area contributed by atoms with Crippen LogP contribution in [0.2, 0.25) is 0 Å². The van der Waals surface area contributed by atoms with Gasteiger partial charge < -0.3 is 10.1 Å². The van der Waals surface area contributed by atoms with Crippen LogP contribution < -0.4 is 5.32 Å². The Kier molecular flexibility index (Phi) is 4.97. The third-order valence-corrected chi connectivity index (χ3v) is 7.36. The van der Waals surface area contributed by atoms with E-state index in [0.29, 0.717) is 6.04 Å². The lowest BCUT2D eigenvalue weighted by Gasteiger charge is -2.46. The van der Waals surface area contributed by atoms with Crippen molar-refractivity contribution in [2.24, 2.45) is 0 Å². The molecule has 3 aliphatic rings. The highest BCUT2D eigenvalue weighted by atomic mass is 16.5. The molecule has 1 aliphatic carbocycles. The van der Waals surface area contributed by atoms with Gasteiger partial charge in [0.05, 0.1) is 12.1 Å². The van der Waals surface area contributed by atoms with Gasteiger partial charge in [-0.3, -0.25) is 9.67 Å². The maximum atomic E-state index is 6.37. The second kappa shape index (κ2) is 7.60. The molecular weight excluding hydrogens is 348 g/mol. The first kappa shape index (κ1) is 18.3. The van der Waals surface area contributed by atoms with Crippen LogP contribution in [0.3, 0.4) is 0 Å². The molecule has 0 amide bonds. The van der Waals surface area contributed by atoms with Crippen LogP contribution in [0.15, 0.2) is 36.7 Å². The fourth-order valence-electron chi connectivity index (χ4n) is 5.84. The molecule has 0 aromatic carbocycles. The zero-order valence-electron chi connectivity index (χ0n) is 16.8. The zero-order valence-corrected chi connectivity index (χ0v) is 16.8. The van der Waals surface area contributed by atoms with Crippen LogP contribution in [0.25, 0.3) is 0 Å². The number of nitrogens with zero attached hydrogens (tertiary/aromatic N) is 3. The van der Waals surface area contributed by atoms with Gasteiger partial charge in [0.2, 0.25) is 0 Å². The lowest BCUT2D eigenvalue weighted by molar-refractivity contribution is -0.104. The molecule has 0 radical (unpaired) electrons. The SMILES string of the molecule is c1ccc([C@]2(CCNC3CCc4ccnn4C3)CCOC3(CCCC3)C2)nc1. The summed E-state index contributed by atoms with van der Waals surface area (Å²) in [4.78, 5) is 4.82. The Morgan fingerprint density at radius 2 is 2.07 bits per heavy atom. The van der Waals surface area contributed by atoms with E-state index >= 15 is 0 Å². The molecule has 1 N–H and O–H groups in total. The standard InChI is InChI=1S/C23H32N4O/c1-4-13-25-21(5-1)22(12-16-28-23(18-22)9-2-3-10-23)11-15-24-19-6-7-20-8-14-26-27(20)17-19/h1,4-5,8,13-14,19,24H,2-3,6-7,9-12,15-18H2/t19?,22-/m1/s1. The Hall–Kier alpha value is -1.72. The van der Waals surface area contributed by atoms with Gasteiger partial charge in [-0.15, -0.1) is 0 Å².